The van der Waals surface area contributed by atoms with Crippen LogP contribution < -0.4 is 0 Å². The van der Waals surface area contributed by atoms with Crippen LogP contribution >= 0.6 is 0 Å². The Hall–Kier alpha value is -0.320. The normalized spacial score (nSPS) is 28.5. The van der Waals surface area contributed by atoms with E-state index in [1.807, 2.05) is 0 Å². The number of aliphatic hydroxyl groups is 3. The Balaban J connectivity index is 2.38. The predicted octanol–water partition coefficient (Wildman–Crippen LogP) is -1.96. The minimum absolute atomic E-state index is 0.0692. The fraction of sp³-hybridized carbons (Fsp3) is 1.00. The molecule has 1 aliphatic heterocycles. The first-order chi connectivity index (χ1) is 8.81. The Labute approximate surface area is 105 Å². The van der Waals surface area contributed by atoms with Crippen molar-refractivity contribution in [3.63, 3.8) is 0 Å². The number of rotatable bonds is 9. The minimum Gasteiger partial charge on any atom is -0.394 e. The summed E-state index contributed by atoms with van der Waals surface area (Å²) in [7, 11) is 0. The highest BCUT2D eigenvalue weighted by Gasteiger charge is 2.34. The van der Waals surface area contributed by atoms with Gasteiger partial charge in [0, 0.05) is 0 Å². The van der Waals surface area contributed by atoms with Gasteiger partial charge in [-0.2, -0.15) is 0 Å². The molecule has 0 aromatic heterocycles. The zero-order valence-corrected chi connectivity index (χ0v) is 10.1. The van der Waals surface area contributed by atoms with E-state index in [9.17, 15) is 0 Å². The zero-order valence-electron chi connectivity index (χ0n) is 10.1. The largest absolute Gasteiger partial charge is 0.394 e. The van der Waals surface area contributed by atoms with Crippen molar-refractivity contribution in [1.82, 2.24) is 0 Å². The third-order valence-corrected chi connectivity index (χ3v) is 2.05. The van der Waals surface area contributed by atoms with Gasteiger partial charge < -0.3 is 39.0 Å². The number of ether oxygens (including phenoxy) is 5. The van der Waals surface area contributed by atoms with E-state index in [4.69, 9.17) is 39.0 Å². The molecular formula is C10H20O8. The van der Waals surface area contributed by atoms with Gasteiger partial charge in [0.05, 0.1) is 39.6 Å². The van der Waals surface area contributed by atoms with Gasteiger partial charge in [-0.1, -0.05) is 0 Å². The molecule has 0 spiro atoms. The van der Waals surface area contributed by atoms with Crippen LogP contribution in [0.5, 0.6) is 0 Å². The van der Waals surface area contributed by atoms with Crippen molar-refractivity contribution >= 4 is 0 Å². The summed E-state index contributed by atoms with van der Waals surface area (Å²) < 4.78 is 26.3. The third-order valence-electron chi connectivity index (χ3n) is 2.05. The molecule has 0 radical (unpaired) electrons. The van der Waals surface area contributed by atoms with E-state index >= 15 is 0 Å². The minimum atomic E-state index is -0.846. The molecule has 8 nitrogen and oxygen atoms in total. The highest BCUT2D eigenvalue weighted by Crippen LogP contribution is 2.18. The van der Waals surface area contributed by atoms with Crippen molar-refractivity contribution in [3.8, 4) is 0 Å². The SMILES string of the molecule is OCCOC1COC(OCCO)C(OCCO)O1. The second-order valence-corrected chi connectivity index (χ2v) is 3.42. The summed E-state index contributed by atoms with van der Waals surface area (Å²) in [6.07, 6.45) is -2.28. The Morgan fingerprint density at radius 3 is 2.00 bits per heavy atom. The lowest BCUT2D eigenvalue weighted by molar-refractivity contribution is -0.379. The fourth-order valence-electron chi connectivity index (χ4n) is 1.36. The van der Waals surface area contributed by atoms with Crippen LogP contribution in [0.25, 0.3) is 0 Å². The zero-order chi connectivity index (χ0) is 13.2. The Bertz CT molecular complexity index is 202. The lowest BCUT2D eigenvalue weighted by atomic mass is 10.5. The van der Waals surface area contributed by atoms with Gasteiger partial charge >= 0.3 is 0 Å². The Kier molecular flexibility index (Phi) is 8.38. The maximum absolute atomic E-state index is 8.70. The van der Waals surface area contributed by atoms with E-state index in [1.54, 1.807) is 0 Å². The summed E-state index contributed by atoms with van der Waals surface area (Å²) in [4.78, 5) is 0. The smallest absolute Gasteiger partial charge is 0.212 e. The van der Waals surface area contributed by atoms with Gasteiger partial charge in [-0.25, -0.2) is 0 Å². The number of aliphatic hydroxyl groups excluding tert-OH is 3. The molecule has 3 N–H and O–H groups in total. The molecule has 0 saturated carbocycles. The van der Waals surface area contributed by atoms with E-state index < -0.39 is 18.9 Å². The molecule has 0 aliphatic carbocycles. The van der Waals surface area contributed by atoms with Crippen molar-refractivity contribution < 1.29 is 39.0 Å². The monoisotopic (exact) mass is 268 g/mol. The lowest BCUT2D eigenvalue weighted by Crippen LogP contribution is -2.48. The summed E-state index contributed by atoms with van der Waals surface area (Å²) in [5.41, 5.74) is 0. The first-order valence-electron chi connectivity index (χ1n) is 5.76. The summed E-state index contributed by atoms with van der Waals surface area (Å²) in [5.74, 6) is 0. The van der Waals surface area contributed by atoms with Gasteiger partial charge in [-0.15, -0.1) is 0 Å². The Morgan fingerprint density at radius 1 is 0.833 bits per heavy atom. The topological polar surface area (TPSA) is 107 Å². The Morgan fingerprint density at radius 2 is 1.39 bits per heavy atom. The van der Waals surface area contributed by atoms with Crippen LogP contribution in [0.3, 0.4) is 0 Å². The van der Waals surface area contributed by atoms with Gasteiger partial charge in [0.15, 0.2) is 6.29 Å². The molecule has 1 fully saturated rings. The first-order valence-corrected chi connectivity index (χ1v) is 5.76. The number of hydrogen-bond acceptors (Lipinski definition) is 8. The average Bonchev–Trinajstić information content (AvgIpc) is 2.41. The fourth-order valence-corrected chi connectivity index (χ4v) is 1.36. The molecule has 1 heterocycles. The maximum Gasteiger partial charge on any atom is 0.212 e. The molecular weight excluding hydrogens is 248 g/mol. The van der Waals surface area contributed by atoms with Gasteiger partial charge in [0.1, 0.15) is 6.61 Å². The van der Waals surface area contributed by atoms with Crippen molar-refractivity contribution in [2.24, 2.45) is 0 Å². The molecule has 18 heavy (non-hydrogen) atoms. The van der Waals surface area contributed by atoms with Crippen molar-refractivity contribution in [2.75, 3.05) is 46.2 Å². The van der Waals surface area contributed by atoms with Gasteiger partial charge in [0.25, 0.3) is 0 Å². The third kappa shape index (κ3) is 5.55. The van der Waals surface area contributed by atoms with Crippen LogP contribution in [-0.2, 0) is 23.7 Å². The quantitative estimate of drug-likeness (QED) is 0.442. The molecule has 0 aromatic rings. The van der Waals surface area contributed by atoms with E-state index in [0.717, 1.165) is 0 Å². The van der Waals surface area contributed by atoms with Crippen LogP contribution in [0.2, 0.25) is 0 Å². The lowest BCUT2D eigenvalue weighted by Gasteiger charge is -2.35. The highest BCUT2D eigenvalue weighted by molar-refractivity contribution is 4.61. The van der Waals surface area contributed by atoms with E-state index in [2.05, 4.69) is 0 Å². The summed E-state index contributed by atoms with van der Waals surface area (Å²) in [6.45, 7) is 0.00509. The maximum atomic E-state index is 8.70. The predicted molar refractivity (Wildman–Crippen MR) is 57.5 cm³/mol. The standard InChI is InChI=1S/C10H20O8/c11-1-4-14-8-7-17-9(15-5-2-12)10(18-8)16-6-3-13/h8-13H,1-7H2. The van der Waals surface area contributed by atoms with Crippen molar-refractivity contribution in [2.45, 2.75) is 18.9 Å². The van der Waals surface area contributed by atoms with Gasteiger partial charge in [-0.05, 0) is 0 Å². The van der Waals surface area contributed by atoms with Crippen LogP contribution in [0.1, 0.15) is 0 Å². The molecule has 0 aromatic carbocycles. The highest BCUT2D eigenvalue weighted by atomic mass is 16.8. The molecule has 1 aliphatic rings. The van der Waals surface area contributed by atoms with E-state index in [-0.39, 0.29) is 46.2 Å². The molecule has 3 unspecified atom stereocenters. The van der Waals surface area contributed by atoms with Crippen LogP contribution in [0, 0.1) is 0 Å². The molecule has 0 amide bonds. The molecule has 108 valence electrons. The number of hydrogen-bond donors (Lipinski definition) is 3. The molecule has 1 rings (SSSR count). The van der Waals surface area contributed by atoms with Crippen molar-refractivity contribution in [1.29, 1.82) is 0 Å². The van der Waals surface area contributed by atoms with Crippen LogP contribution in [-0.4, -0.2) is 80.4 Å². The average molecular weight is 268 g/mol. The van der Waals surface area contributed by atoms with Gasteiger partial charge in [0.2, 0.25) is 12.6 Å². The molecule has 1 saturated heterocycles. The van der Waals surface area contributed by atoms with Crippen LogP contribution in [0.15, 0.2) is 0 Å². The summed E-state index contributed by atoms with van der Waals surface area (Å²) in [6, 6.07) is 0. The van der Waals surface area contributed by atoms with Crippen LogP contribution in [0.4, 0.5) is 0 Å². The second-order valence-electron chi connectivity index (χ2n) is 3.42. The first kappa shape index (κ1) is 15.7. The van der Waals surface area contributed by atoms with Crippen molar-refractivity contribution in [3.05, 3.63) is 0 Å². The van der Waals surface area contributed by atoms with Gasteiger partial charge in [-0.3, -0.25) is 0 Å². The second kappa shape index (κ2) is 9.59. The van der Waals surface area contributed by atoms with E-state index in [1.165, 1.54) is 0 Å². The van der Waals surface area contributed by atoms with E-state index in [0.29, 0.717) is 0 Å². The summed E-state index contributed by atoms with van der Waals surface area (Å²) in [5, 5.41) is 26.0. The summed E-state index contributed by atoms with van der Waals surface area (Å²) >= 11 is 0. The molecule has 0 bridgehead atoms. The molecule has 3 atom stereocenters. The molecule has 8 heteroatoms.